The van der Waals surface area contributed by atoms with E-state index >= 15 is 0 Å². The van der Waals surface area contributed by atoms with Crippen LogP contribution in [-0.4, -0.2) is 40.5 Å². The number of halogens is 1. The van der Waals surface area contributed by atoms with Crippen LogP contribution >= 0.6 is 0 Å². The molecular formula is C21H30FN3O2. The maximum absolute atomic E-state index is 13.9. The van der Waals surface area contributed by atoms with Crippen LogP contribution in [0.4, 0.5) is 4.39 Å². The summed E-state index contributed by atoms with van der Waals surface area (Å²) in [5.74, 6) is 0.781. The molecule has 4 atom stereocenters. The molecule has 6 heteroatoms. The van der Waals surface area contributed by atoms with Gasteiger partial charge >= 0.3 is 0 Å². The quantitative estimate of drug-likeness (QED) is 0.815. The number of rotatable bonds is 6. The molecule has 148 valence electrons. The van der Waals surface area contributed by atoms with E-state index in [1.807, 2.05) is 11.8 Å². The summed E-state index contributed by atoms with van der Waals surface area (Å²) in [7, 11) is 1.62. The van der Waals surface area contributed by atoms with Gasteiger partial charge in [0.2, 0.25) is 5.91 Å². The van der Waals surface area contributed by atoms with Gasteiger partial charge in [0.1, 0.15) is 11.6 Å². The summed E-state index contributed by atoms with van der Waals surface area (Å²) < 4.78 is 19.1. The highest BCUT2D eigenvalue weighted by atomic mass is 19.1. The number of methoxy groups -OCH3 is 1. The molecule has 0 aliphatic carbocycles. The molecule has 27 heavy (non-hydrogen) atoms. The van der Waals surface area contributed by atoms with Gasteiger partial charge in [-0.15, -0.1) is 0 Å². The maximum atomic E-state index is 13.9. The van der Waals surface area contributed by atoms with Crippen molar-refractivity contribution < 1.29 is 13.9 Å². The van der Waals surface area contributed by atoms with Crippen LogP contribution in [0, 0.1) is 24.6 Å². The molecule has 1 saturated heterocycles. The standard InChI is InChI=1S/C21H30FN3O2/c1-6-7-18-13(3)9-19(25(18)21(26)14(4)11-27-5)20-23-16-8-12(2)15(22)10-17(16)24-20/h8,10,13-14,18-19H,6-7,9,11H2,1-5H3,(H,23,24). The molecule has 0 saturated carbocycles. The van der Waals surface area contributed by atoms with E-state index in [1.54, 1.807) is 20.1 Å². The highest BCUT2D eigenvalue weighted by molar-refractivity contribution is 5.80. The van der Waals surface area contributed by atoms with Gasteiger partial charge in [-0.2, -0.15) is 0 Å². The number of hydrogen-bond acceptors (Lipinski definition) is 3. The summed E-state index contributed by atoms with van der Waals surface area (Å²) in [6, 6.07) is 3.33. The van der Waals surface area contributed by atoms with Crippen molar-refractivity contribution in [1.82, 2.24) is 14.9 Å². The van der Waals surface area contributed by atoms with Gasteiger partial charge in [-0.1, -0.05) is 27.2 Å². The van der Waals surface area contributed by atoms with Crippen molar-refractivity contribution in [1.29, 1.82) is 0 Å². The lowest BCUT2D eigenvalue weighted by atomic mass is 9.97. The van der Waals surface area contributed by atoms with Gasteiger partial charge in [0.05, 0.1) is 29.6 Å². The molecule has 1 amide bonds. The van der Waals surface area contributed by atoms with Gasteiger partial charge in [-0.05, 0) is 37.3 Å². The van der Waals surface area contributed by atoms with E-state index in [4.69, 9.17) is 4.74 Å². The molecule has 3 rings (SSSR count). The van der Waals surface area contributed by atoms with Crippen molar-refractivity contribution in [3.05, 3.63) is 29.3 Å². The third-order valence-electron chi connectivity index (χ3n) is 5.72. The van der Waals surface area contributed by atoms with E-state index < -0.39 is 0 Å². The summed E-state index contributed by atoms with van der Waals surface area (Å²) in [6.45, 7) is 8.40. The molecule has 2 heterocycles. The smallest absolute Gasteiger partial charge is 0.228 e. The van der Waals surface area contributed by atoms with Gasteiger partial charge < -0.3 is 14.6 Å². The van der Waals surface area contributed by atoms with Crippen LogP contribution in [0.5, 0.6) is 0 Å². The predicted octanol–water partition coefficient (Wildman–Crippen LogP) is 4.37. The Balaban J connectivity index is 1.99. The molecule has 1 aliphatic heterocycles. The summed E-state index contributed by atoms with van der Waals surface area (Å²) >= 11 is 0. The molecule has 1 aliphatic rings. The largest absolute Gasteiger partial charge is 0.384 e. The number of carbonyl (C=O) groups is 1. The second-order valence-electron chi connectivity index (χ2n) is 7.93. The van der Waals surface area contributed by atoms with Crippen LogP contribution in [0.15, 0.2) is 12.1 Å². The van der Waals surface area contributed by atoms with Crippen molar-refractivity contribution in [3.8, 4) is 0 Å². The Morgan fingerprint density at radius 1 is 1.48 bits per heavy atom. The summed E-state index contributed by atoms with van der Waals surface area (Å²) in [5, 5.41) is 0. The molecule has 0 spiro atoms. The lowest BCUT2D eigenvalue weighted by molar-refractivity contribution is -0.140. The maximum Gasteiger partial charge on any atom is 0.228 e. The third-order valence-corrected chi connectivity index (χ3v) is 5.72. The van der Waals surface area contributed by atoms with Crippen molar-refractivity contribution in [2.75, 3.05) is 13.7 Å². The predicted molar refractivity (Wildman–Crippen MR) is 104 cm³/mol. The Bertz CT molecular complexity index is 780. The Morgan fingerprint density at radius 3 is 2.89 bits per heavy atom. The van der Waals surface area contributed by atoms with Gasteiger partial charge in [0.15, 0.2) is 0 Å². The highest BCUT2D eigenvalue weighted by Crippen LogP contribution is 2.42. The number of aromatic nitrogens is 2. The second kappa shape index (κ2) is 7.97. The average Bonchev–Trinajstić information content (AvgIpc) is 3.16. The zero-order valence-corrected chi connectivity index (χ0v) is 16.9. The minimum atomic E-state index is -0.258. The van der Waals surface area contributed by atoms with Crippen molar-refractivity contribution in [3.63, 3.8) is 0 Å². The number of aryl methyl sites for hydroxylation is 1. The zero-order valence-electron chi connectivity index (χ0n) is 16.9. The topological polar surface area (TPSA) is 58.2 Å². The van der Waals surface area contributed by atoms with Gasteiger partial charge in [-0.3, -0.25) is 4.79 Å². The number of benzene rings is 1. The first-order valence-corrected chi connectivity index (χ1v) is 9.84. The number of aromatic amines is 1. The molecule has 0 bridgehead atoms. The normalized spacial score (nSPS) is 23.9. The van der Waals surface area contributed by atoms with E-state index in [0.29, 0.717) is 23.6 Å². The first kappa shape index (κ1) is 19.8. The molecule has 1 aromatic carbocycles. The number of hydrogen-bond donors (Lipinski definition) is 1. The highest BCUT2D eigenvalue weighted by Gasteiger charge is 2.44. The molecule has 4 unspecified atom stereocenters. The fraction of sp³-hybridized carbons (Fsp3) is 0.619. The van der Waals surface area contributed by atoms with E-state index in [0.717, 1.165) is 30.6 Å². The first-order chi connectivity index (χ1) is 12.9. The van der Waals surface area contributed by atoms with Crippen LogP contribution < -0.4 is 0 Å². The third kappa shape index (κ3) is 3.72. The fourth-order valence-corrected chi connectivity index (χ4v) is 4.30. The van der Waals surface area contributed by atoms with Crippen LogP contribution in [0.25, 0.3) is 11.0 Å². The molecular weight excluding hydrogens is 345 g/mol. The molecule has 5 nitrogen and oxygen atoms in total. The second-order valence-corrected chi connectivity index (χ2v) is 7.93. The molecule has 0 radical (unpaired) electrons. The van der Waals surface area contributed by atoms with Crippen molar-refractivity contribution >= 4 is 16.9 Å². The van der Waals surface area contributed by atoms with Crippen molar-refractivity contribution in [2.45, 2.75) is 59.0 Å². The monoisotopic (exact) mass is 375 g/mol. The number of ether oxygens (including phenoxy) is 1. The number of amides is 1. The average molecular weight is 375 g/mol. The zero-order chi connectivity index (χ0) is 19.7. The number of carbonyl (C=O) groups excluding carboxylic acids is 1. The number of nitrogens with one attached hydrogen (secondary N) is 1. The summed E-state index contributed by atoms with van der Waals surface area (Å²) in [6.07, 6.45) is 2.85. The molecule has 2 aromatic rings. The van der Waals surface area contributed by atoms with E-state index in [2.05, 4.69) is 23.8 Å². The van der Waals surface area contributed by atoms with E-state index in [1.165, 1.54) is 6.07 Å². The minimum Gasteiger partial charge on any atom is -0.384 e. The molecule has 1 fully saturated rings. The van der Waals surface area contributed by atoms with E-state index in [-0.39, 0.29) is 29.7 Å². The van der Waals surface area contributed by atoms with Crippen LogP contribution in [0.3, 0.4) is 0 Å². The Morgan fingerprint density at radius 2 is 2.22 bits per heavy atom. The number of imidazole rings is 1. The van der Waals surface area contributed by atoms with Crippen LogP contribution in [0.2, 0.25) is 0 Å². The van der Waals surface area contributed by atoms with Gasteiger partial charge in [0.25, 0.3) is 0 Å². The summed E-state index contributed by atoms with van der Waals surface area (Å²) in [5.41, 5.74) is 2.01. The molecule has 1 aromatic heterocycles. The molecule has 1 N–H and O–H groups in total. The van der Waals surface area contributed by atoms with E-state index in [9.17, 15) is 9.18 Å². The van der Waals surface area contributed by atoms with Gasteiger partial charge in [0, 0.05) is 19.2 Å². The number of H-pyrrole nitrogens is 1. The Kier molecular flexibility index (Phi) is 5.84. The van der Waals surface area contributed by atoms with Gasteiger partial charge in [-0.25, -0.2) is 9.37 Å². The minimum absolute atomic E-state index is 0.104. The number of fused-ring (bicyclic) bond motifs is 1. The fourth-order valence-electron chi connectivity index (χ4n) is 4.30. The SMILES string of the molecule is CCCC1C(C)CC(c2nc3cc(F)c(C)cc3[nH]2)N1C(=O)C(C)COC. The summed E-state index contributed by atoms with van der Waals surface area (Å²) in [4.78, 5) is 23.2. The van der Waals surface area contributed by atoms with Crippen LogP contribution in [0.1, 0.15) is 57.5 Å². The Labute approximate surface area is 160 Å². The number of likely N-dealkylation sites (tertiary alicyclic amines) is 1. The van der Waals surface area contributed by atoms with Crippen LogP contribution in [-0.2, 0) is 9.53 Å². The van der Waals surface area contributed by atoms with Crippen molar-refractivity contribution in [2.24, 2.45) is 11.8 Å². The first-order valence-electron chi connectivity index (χ1n) is 9.84. The Hall–Kier alpha value is -1.95. The number of nitrogens with zero attached hydrogens (tertiary/aromatic N) is 2. The lowest BCUT2D eigenvalue weighted by Gasteiger charge is -2.32. The lowest BCUT2D eigenvalue weighted by Crippen LogP contribution is -2.43.